The maximum absolute atomic E-state index is 12.2. The van der Waals surface area contributed by atoms with E-state index in [0.29, 0.717) is 24.2 Å². The first-order chi connectivity index (χ1) is 11.0. The van der Waals surface area contributed by atoms with Gasteiger partial charge in [-0.15, -0.1) is 0 Å². The Morgan fingerprint density at radius 1 is 0.957 bits per heavy atom. The van der Waals surface area contributed by atoms with Crippen molar-refractivity contribution in [3.05, 3.63) is 65.2 Å². The van der Waals surface area contributed by atoms with Gasteiger partial charge in [-0.25, -0.2) is 0 Å². The number of hydrogen-bond acceptors (Lipinski definition) is 2. The lowest BCUT2D eigenvalue weighted by atomic mass is 10.1. The summed E-state index contributed by atoms with van der Waals surface area (Å²) < 4.78 is 0. The molecule has 0 unspecified atom stereocenters. The molecule has 4 nitrogen and oxygen atoms in total. The molecule has 2 amide bonds. The number of anilines is 1. The van der Waals surface area contributed by atoms with Crippen LogP contribution in [0.5, 0.6) is 0 Å². The van der Waals surface area contributed by atoms with E-state index in [1.807, 2.05) is 45.0 Å². The average molecular weight is 310 g/mol. The molecule has 0 aliphatic carbocycles. The quantitative estimate of drug-likeness (QED) is 0.915. The van der Waals surface area contributed by atoms with E-state index in [2.05, 4.69) is 5.32 Å². The fraction of sp³-hybridized carbons (Fsp3) is 0.263. The van der Waals surface area contributed by atoms with Crippen LogP contribution in [0.15, 0.2) is 48.5 Å². The van der Waals surface area contributed by atoms with E-state index in [1.54, 1.807) is 29.2 Å². The highest BCUT2D eigenvalue weighted by atomic mass is 16.2. The lowest BCUT2D eigenvalue weighted by Crippen LogP contribution is -2.30. The third-order valence-corrected chi connectivity index (χ3v) is 3.72. The number of rotatable bonds is 5. The fourth-order valence-corrected chi connectivity index (χ4v) is 2.38. The molecule has 0 fully saturated rings. The van der Waals surface area contributed by atoms with Crippen molar-refractivity contribution in [2.24, 2.45) is 0 Å². The van der Waals surface area contributed by atoms with Crippen molar-refractivity contribution in [1.82, 2.24) is 4.90 Å². The van der Waals surface area contributed by atoms with Gasteiger partial charge < -0.3 is 10.2 Å². The number of carbonyl (C=O) groups excluding carboxylic acids is 2. The number of amides is 2. The molecule has 0 aromatic heterocycles. The van der Waals surface area contributed by atoms with Crippen molar-refractivity contribution in [3.8, 4) is 0 Å². The van der Waals surface area contributed by atoms with Gasteiger partial charge in [-0.1, -0.05) is 12.1 Å². The van der Waals surface area contributed by atoms with Crippen LogP contribution in [0.1, 0.15) is 40.1 Å². The van der Waals surface area contributed by atoms with Gasteiger partial charge in [0.15, 0.2) is 0 Å². The Kier molecular flexibility index (Phi) is 5.52. The molecule has 23 heavy (non-hydrogen) atoms. The highest BCUT2D eigenvalue weighted by Gasteiger charge is 2.13. The molecule has 2 rings (SSSR count). The van der Waals surface area contributed by atoms with Gasteiger partial charge in [0, 0.05) is 29.9 Å². The van der Waals surface area contributed by atoms with Crippen LogP contribution in [0.2, 0.25) is 0 Å². The predicted octanol–water partition coefficient (Wildman–Crippen LogP) is 3.73. The Labute approximate surface area is 137 Å². The molecule has 0 aliphatic heterocycles. The van der Waals surface area contributed by atoms with E-state index < -0.39 is 0 Å². The highest BCUT2D eigenvalue weighted by molar-refractivity contribution is 6.05. The fourth-order valence-electron chi connectivity index (χ4n) is 2.38. The van der Waals surface area contributed by atoms with Crippen LogP contribution in [-0.4, -0.2) is 29.8 Å². The third kappa shape index (κ3) is 4.19. The van der Waals surface area contributed by atoms with Gasteiger partial charge in [0.2, 0.25) is 0 Å². The van der Waals surface area contributed by atoms with E-state index in [9.17, 15) is 9.59 Å². The molecule has 0 bridgehead atoms. The molecule has 4 heteroatoms. The largest absolute Gasteiger partial charge is 0.339 e. The minimum absolute atomic E-state index is 0.0133. The second-order valence-electron chi connectivity index (χ2n) is 5.38. The van der Waals surface area contributed by atoms with Crippen LogP contribution in [0.3, 0.4) is 0 Å². The molecule has 0 saturated carbocycles. The lowest BCUT2D eigenvalue weighted by Gasteiger charge is -2.18. The van der Waals surface area contributed by atoms with Crippen molar-refractivity contribution < 1.29 is 9.59 Å². The molecule has 0 radical (unpaired) electrons. The van der Waals surface area contributed by atoms with E-state index in [-0.39, 0.29) is 11.8 Å². The summed E-state index contributed by atoms with van der Waals surface area (Å²) in [4.78, 5) is 26.2. The Morgan fingerprint density at radius 3 is 2.13 bits per heavy atom. The summed E-state index contributed by atoms with van der Waals surface area (Å²) in [6.45, 7) is 7.22. The molecule has 0 aliphatic rings. The second kappa shape index (κ2) is 7.58. The molecule has 0 atom stereocenters. The average Bonchev–Trinajstić information content (AvgIpc) is 2.56. The SMILES string of the molecule is CCN(CC)C(=O)c1ccc(C(=O)Nc2cccc(C)c2)cc1. The highest BCUT2D eigenvalue weighted by Crippen LogP contribution is 2.13. The van der Waals surface area contributed by atoms with Gasteiger partial charge in [-0.3, -0.25) is 9.59 Å². The first kappa shape index (κ1) is 16.7. The van der Waals surface area contributed by atoms with Crippen LogP contribution in [0.4, 0.5) is 5.69 Å². The Hall–Kier alpha value is -2.62. The smallest absolute Gasteiger partial charge is 0.255 e. The predicted molar refractivity (Wildman–Crippen MR) is 92.8 cm³/mol. The molecule has 2 aromatic carbocycles. The second-order valence-corrected chi connectivity index (χ2v) is 5.38. The van der Waals surface area contributed by atoms with E-state index in [4.69, 9.17) is 0 Å². The minimum atomic E-state index is -0.183. The number of aryl methyl sites for hydroxylation is 1. The Balaban J connectivity index is 2.10. The molecule has 2 aromatic rings. The molecular formula is C19H22N2O2. The van der Waals surface area contributed by atoms with Crippen molar-refractivity contribution in [2.45, 2.75) is 20.8 Å². The summed E-state index contributed by atoms with van der Waals surface area (Å²) in [6.07, 6.45) is 0. The number of nitrogens with zero attached hydrogens (tertiary/aromatic N) is 1. The van der Waals surface area contributed by atoms with E-state index in [0.717, 1.165) is 11.3 Å². The minimum Gasteiger partial charge on any atom is -0.339 e. The molecule has 0 saturated heterocycles. The van der Waals surface area contributed by atoms with Crippen molar-refractivity contribution >= 4 is 17.5 Å². The summed E-state index contributed by atoms with van der Waals surface area (Å²) in [5.41, 5.74) is 2.98. The molecule has 0 spiro atoms. The van der Waals surface area contributed by atoms with Gasteiger partial charge in [-0.05, 0) is 62.7 Å². The van der Waals surface area contributed by atoms with Crippen LogP contribution >= 0.6 is 0 Å². The zero-order chi connectivity index (χ0) is 16.8. The Morgan fingerprint density at radius 2 is 1.57 bits per heavy atom. The first-order valence-corrected chi connectivity index (χ1v) is 7.82. The monoisotopic (exact) mass is 310 g/mol. The maximum atomic E-state index is 12.2. The van der Waals surface area contributed by atoms with Crippen LogP contribution in [0.25, 0.3) is 0 Å². The van der Waals surface area contributed by atoms with Crippen molar-refractivity contribution in [3.63, 3.8) is 0 Å². The third-order valence-electron chi connectivity index (χ3n) is 3.72. The molecule has 120 valence electrons. The topological polar surface area (TPSA) is 49.4 Å². The maximum Gasteiger partial charge on any atom is 0.255 e. The first-order valence-electron chi connectivity index (χ1n) is 7.82. The number of carbonyl (C=O) groups is 2. The van der Waals surface area contributed by atoms with Gasteiger partial charge in [0.25, 0.3) is 11.8 Å². The zero-order valence-corrected chi connectivity index (χ0v) is 13.8. The molecule has 1 N–H and O–H groups in total. The molecule has 0 heterocycles. The normalized spacial score (nSPS) is 10.2. The summed E-state index contributed by atoms with van der Waals surface area (Å²) in [6, 6.07) is 14.4. The molecular weight excluding hydrogens is 288 g/mol. The van der Waals surface area contributed by atoms with Crippen molar-refractivity contribution in [1.29, 1.82) is 0 Å². The number of benzene rings is 2. The van der Waals surface area contributed by atoms with E-state index in [1.165, 1.54) is 0 Å². The number of nitrogens with one attached hydrogen (secondary N) is 1. The van der Waals surface area contributed by atoms with Gasteiger partial charge >= 0.3 is 0 Å². The summed E-state index contributed by atoms with van der Waals surface area (Å²) in [7, 11) is 0. The zero-order valence-electron chi connectivity index (χ0n) is 13.8. The van der Waals surface area contributed by atoms with Crippen LogP contribution in [0, 0.1) is 6.92 Å². The standard InChI is InChI=1S/C19H22N2O2/c1-4-21(5-2)19(23)16-11-9-15(10-12-16)18(22)20-17-8-6-7-14(3)13-17/h6-13H,4-5H2,1-3H3,(H,20,22). The lowest BCUT2D eigenvalue weighted by molar-refractivity contribution is 0.0772. The Bertz CT molecular complexity index is 689. The van der Waals surface area contributed by atoms with Gasteiger partial charge in [0.05, 0.1) is 0 Å². The van der Waals surface area contributed by atoms with Crippen LogP contribution in [-0.2, 0) is 0 Å². The number of hydrogen-bond donors (Lipinski definition) is 1. The van der Waals surface area contributed by atoms with Crippen molar-refractivity contribution in [2.75, 3.05) is 18.4 Å². The van der Waals surface area contributed by atoms with Crippen LogP contribution < -0.4 is 5.32 Å². The summed E-state index contributed by atoms with van der Waals surface area (Å²) in [5.74, 6) is -0.196. The summed E-state index contributed by atoms with van der Waals surface area (Å²) in [5, 5.41) is 2.86. The van der Waals surface area contributed by atoms with E-state index >= 15 is 0 Å². The summed E-state index contributed by atoms with van der Waals surface area (Å²) >= 11 is 0. The van der Waals surface area contributed by atoms with Gasteiger partial charge in [-0.2, -0.15) is 0 Å². The van der Waals surface area contributed by atoms with Gasteiger partial charge in [0.1, 0.15) is 0 Å².